The van der Waals surface area contributed by atoms with Crippen molar-refractivity contribution < 1.29 is 27.5 Å². The van der Waals surface area contributed by atoms with E-state index < -0.39 is 23.6 Å². The van der Waals surface area contributed by atoms with Gasteiger partial charge in [-0.1, -0.05) is 0 Å². The highest BCUT2D eigenvalue weighted by atomic mass is 19.4. The van der Waals surface area contributed by atoms with Gasteiger partial charge in [-0.15, -0.1) is 0 Å². The van der Waals surface area contributed by atoms with Crippen LogP contribution in [0, 0.1) is 0 Å². The number of methoxy groups -OCH3 is 1. The summed E-state index contributed by atoms with van der Waals surface area (Å²) in [6.45, 7) is 2.84. The minimum Gasteiger partial charge on any atom is -0.469 e. The average molecular weight is 373 g/mol. The van der Waals surface area contributed by atoms with Crippen molar-refractivity contribution in [2.75, 3.05) is 50.6 Å². The van der Waals surface area contributed by atoms with Crippen molar-refractivity contribution in [1.82, 2.24) is 4.90 Å². The van der Waals surface area contributed by atoms with Crippen molar-refractivity contribution in [2.24, 2.45) is 0 Å². The average Bonchev–Trinajstić information content (AvgIpc) is 2.59. The Balaban J connectivity index is 2.21. The maximum absolute atomic E-state index is 13.0. The Morgan fingerprint density at radius 1 is 1.15 bits per heavy atom. The van der Waals surface area contributed by atoms with Crippen molar-refractivity contribution in [2.45, 2.75) is 19.0 Å². The van der Waals surface area contributed by atoms with Crippen LogP contribution < -0.4 is 10.2 Å². The highest BCUT2D eigenvalue weighted by Crippen LogP contribution is 2.35. The molecule has 1 aromatic carbocycles. The Labute approximate surface area is 149 Å². The number of alkyl halides is 3. The van der Waals surface area contributed by atoms with Gasteiger partial charge in [-0.25, -0.2) is 0 Å². The number of hydrogen-bond acceptors (Lipinski definition) is 5. The Morgan fingerprint density at radius 2 is 1.81 bits per heavy atom. The van der Waals surface area contributed by atoms with E-state index in [1.807, 2.05) is 11.9 Å². The van der Waals surface area contributed by atoms with Crippen LogP contribution in [-0.4, -0.2) is 57.1 Å². The van der Waals surface area contributed by atoms with Crippen molar-refractivity contribution >= 4 is 23.3 Å². The van der Waals surface area contributed by atoms with Crippen LogP contribution in [0.1, 0.15) is 18.4 Å². The lowest BCUT2D eigenvalue weighted by Gasteiger charge is -2.35. The van der Waals surface area contributed by atoms with E-state index in [1.165, 1.54) is 13.2 Å². The Bertz CT molecular complexity index is 656. The SMILES string of the molecule is COC(=O)CCC(=O)Nc1cc(C(F)(F)F)ccc1N1CCN(C)CC1. The van der Waals surface area contributed by atoms with Gasteiger partial charge in [-0.05, 0) is 25.2 Å². The molecule has 144 valence electrons. The molecule has 0 spiro atoms. The molecule has 1 amide bonds. The van der Waals surface area contributed by atoms with Crippen LogP contribution in [0.5, 0.6) is 0 Å². The van der Waals surface area contributed by atoms with Crippen molar-refractivity contribution in [1.29, 1.82) is 0 Å². The number of halogens is 3. The van der Waals surface area contributed by atoms with Crippen LogP contribution in [0.15, 0.2) is 18.2 Å². The van der Waals surface area contributed by atoms with E-state index in [4.69, 9.17) is 0 Å². The molecular formula is C17H22F3N3O3. The predicted molar refractivity (Wildman–Crippen MR) is 91.0 cm³/mol. The van der Waals surface area contributed by atoms with Crippen LogP contribution in [0.4, 0.5) is 24.5 Å². The molecule has 1 fully saturated rings. The quantitative estimate of drug-likeness (QED) is 0.803. The first-order valence-electron chi connectivity index (χ1n) is 8.22. The molecule has 1 aromatic rings. The monoisotopic (exact) mass is 373 g/mol. The van der Waals surface area contributed by atoms with Crippen molar-refractivity contribution in [3.63, 3.8) is 0 Å². The molecular weight excluding hydrogens is 351 g/mol. The van der Waals surface area contributed by atoms with Gasteiger partial charge in [0.1, 0.15) is 0 Å². The van der Waals surface area contributed by atoms with E-state index >= 15 is 0 Å². The van der Waals surface area contributed by atoms with E-state index in [-0.39, 0.29) is 18.5 Å². The second kappa shape index (κ2) is 8.39. The number of likely N-dealkylation sites (N-methyl/N-ethyl adjacent to an activating group) is 1. The van der Waals surface area contributed by atoms with Crippen LogP contribution in [0.25, 0.3) is 0 Å². The minimum absolute atomic E-state index is 0.0965. The van der Waals surface area contributed by atoms with Gasteiger partial charge in [0.05, 0.1) is 30.5 Å². The smallest absolute Gasteiger partial charge is 0.416 e. The zero-order chi connectivity index (χ0) is 19.3. The minimum atomic E-state index is -4.51. The highest BCUT2D eigenvalue weighted by molar-refractivity contribution is 5.96. The molecule has 1 saturated heterocycles. The molecule has 0 atom stereocenters. The second-order valence-corrected chi connectivity index (χ2v) is 6.14. The first-order chi connectivity index (χ1) is 12.2. The zero-order valence-corrected chi connectivity index (χ0v) is 14.7. The standard InChI is InChI=1S/C17H22F3N3O3/c1-22-7-9-23(10-8-22)14-4-3-12(17(18,19)20)11-13(14)21-15(24)5-6-16(25)26-2/h3-4,11H,5-10H2,1-2H3,(H,21,24). The summed E-state index contributed by atoms with van der Waals surface area (Å²) < 4.78 is 43.6. The molecule has 0 radical (unpaired) electrons. The van der Waals surface area contributed by atoms with Crippen LogP contribution in [0.2, 0.25) is 0 Å². The van der Waals surface area contributed by atoms with Gasteiger partial charge in [0.15, 0.2) is 0 Å². The summed E-state index contributed by atoms with van der Waals surface area (Å²) in [4.78, 5) is 27.3. The van der Waals surface area contributed by atoms with E-state index in [1.54, 1.807) is 0 Å². The second-order valence-electron chi connectivity index (χ2n) is 6.14. The Kier molecular flexibility index (Phi) is 6.47. The summed E-state index contributed by atoms with van der Waals surface area (Å²) in [5.41, 5.74) is -0.199. The highest BCUT2D eigenvalue weighted by Gasteiger charge is 2.32. The van der Waals surface area contributed by atoms with E-state index in [0.29, 0.717) is 18.8 Å². The molecule has 0 aliphatic carbocycles. The lowest BCUT2D eigenvalue weighted by atomic mass is 10.1. The molecule has 1 heterocycles. The summed E-state index contributed by atoms with van der Waals surface area (Å²) in [5, 5.41) is 2.51. The molecule has 0 unspecified atom stereocenters. The third-order valence-electron chi connectivity index (χ3n) is 4.23. The molecule has 1 aliphatic rings. The normalized spacial score (nSPS) is 15.7. The molecule has 26 heavy (non-hydrogen) atoms. The molecule has 0 aromatic heterocycles. The largest absolute Gasteiger partial charge is 0.469 e. The van der Waals surface area contributed by atoms with Gasteiger partial charge in [-0.2, -0.15) is 13.2 Å². The lowest BCUT2D eigenvalue weighted by Crippen LogP contribution is -2.44. The number of rotatable bonds is 5. The number of carbonyl (C=O) groups is 2. The molecule has 0 bridgehead atoms. The van der Waals surface area contributed by atoms with Gasteiger partial charge >= 0.3 is 12.1 Å². The summed E-state index contributed by atoms with van der Waals surface area (Å²) in [5.74, 6) is -1.09. The van der Waals surface area contributed by atoms with E-state index in [2.05, 4.69) is 15.0 Å². The van der Waals surface area contributed by atoms with Gasteiger partial charge in [0, 0.05) is 32.6 Å². The number of ether oxygens (including phenoxy) is 1. The van der Waals surface area contributed by atoms with E-state index in [0.717, 1.165) is 25.2 Å². The third-order valence-corrected chi connectivity index (χ3v) is 4.23. The number of amides is 1. The number of benzene rings is 1. The molecule has 1 N–H and O–H groups in total. The van der Waals surface area contributed by atoms with Crippen LogP contribution in [-0.2, 0) is 20.5 Å². The first kappa shape index (κ1) is 20.0. The van der Waals surface area contributed by atoms with Gasteiger partial charge < -0.3 is 19.9 Å². The first-order valence-corrected chi connectivity index (χ1v) is 8.22. The van der Waals surface area contributed by atoms with Crippen molar-refractivity contribution in [3.8, 4) is 0 Å². The Hall–Kier alpha value is -2.29. The number of hydrogen-bond donors (Lipinski definition) is 1. The lowest BCUT2D eigenvalue weighted by molar-refractivity contribution is -0.141. The Morgan fingerprint density at radius 3 is 2.38 bits per heavy atom. The number of piperazine rings is 1. The van der Waals surface area contributed by atoms with Gasteiger partial charge in [-0.3, -0.25) is 9.59 Å². The fourth-order valence-electron chi connectivity index (χ4n) is 2.67. The fraction of sp³-hybridized carbons (Fsp3) is 0.529. The van der Waals surface area contributed by atoms with Gasteiger partial charge in [0.2, 0.25) is 5.91 Å². The summed E-state index contributed by atoms with van der Waals surface area (Å²) >= 11 is 0. The fourth-order valence-corrected chi connectivity index (χ4v) is 2.67. The summed E-state index contributed by atoms with van der Waals surface area (Å²) in [6.07, 6.45) is -4.80. The van der Waals surface area contributed by atoms with E-state index in [9.17, 15) is 22.8 Å². The molecule has 6 nitrogen and oxygen atoms in total. The zero-order valence-electron chi connectivity index (χ0n) is 14.7. The maximum atomic E-state index is 13.0. The molecule has 0 saturated carbocycles. The van der Waals surface area contributed by atoms with Crippen molar-refractivity contribution in [3.05, 3.63) is 23.8 Å². The number of esters is 1. The predicted octanol–water partition coefficient (Wildman–Crippen LogP) is 2.35. The van der Waals surface area contributed by atoms with Crippen LogP contribution in [0.3, 0.4) is 0 Å². The number of anilines is 2. The van der Waals surface area contributed by atoms with Crippen LogP contribution >= 0.6 is 0 Å². The summed E-state index contributed by atoms with van der Waals surface area (Å²) in [6, 6.07) is 3.32. The number of nitrogens with zero attached hydrogens (tertiary/aromatic N) is 2. The molecule has 9 heteroatoms. The number of nitrogens with one attached hydrogen (secondary N) is 1. The summed E-state index contributed by atoms with van der Waals surface area (Å²) in [7, 11) is 3.18. The maximum Gasteiger partial charge on any atom is 0.416 e. The third kappa shape index (κ3) is 5.35. The van der Waals surface area contributed by atoms with Gasteiger partial charge in [0.25, 0.3) is 0 Å². The number of carbonyl (C=O) groups excluding carboxylic acids is 2. The topological polar surface area (TPSA) is 61.9 Å². The molecule has 1 aliphatic heterocycles. The molecule has 2 rings (SSSR count).